The molecule has 10 aromatic rings. The molecule has 3 nitrogen and oxygen atoms in total. The zero-order valence-electron chi connectivity index (χ0n) is 48.0. The van der Waals surface area contributed by atoms with Gasteiger partial charge in [0.2, 0.25) is 0 Å². The molecule has 0 saturated carbocycles. The normalized spacial score (nSPS) is 14.5. The molecule has 9 aromatic carbocycles. The third kappa shape index (κ3) is 7.37. The predicted octanol–water partition coefficient (Wildman–Crippen LogP) is 18.0. The average Bonchev–Trinajstić information content (AvgIpc) is 4.03. The second-order valence-corrected chi connectivity index (χ2v) is 26.5. The number of rotatable bonds is 4. The molecule has 382 valence electrons. The molecule has 3 aliphatic rings. The van der Waals surface area contributed by atoms with Crippen molar-refractivity contribution in [2.24, 2.45) is 0 Å². The van der Waals surface area contributed by atoms with Crippen molar-refractivity contribution in [2.45, 2.75) is 126 Å². The lowest BCUT2D eigenvalue weighted by Crippen LogP contribution is -2.61. The third-order valence-electron chi connectivity index (χ3n) is 17.9. The molecule has 0 amide bonds. The van der Waals surface area contributed by atoms with Crippen LogP contribution in [0.5, 0.6) is 0 Å². The van der Waals surface area contributed by atoms with Crippen LogP contribution in [0.4, 0.5) is 34.1 Å². The number of fused-ring (bicyclic) bond motifs is 10. The Morgan fingerprint density at radius 1 is 0.390 bits per heavy atom. The lowest BCUT2D eigenvalue weighted by Gasteiger charge is -2.46. The van der Waals surface area contributed by atoms with Crippen LogP contribution in [0.2, 0.25) is 0 Å². The van der Waals surface area contributed by atoms with Gasteiger partial charge < -0.3 is 14.4 Å². The molecular weight excluding hydrogens is 930 g/mol. The summed E-state index contributed by atoms with van der Waals surface area (Å²) in [6, 6.07) is 64.0. The minimum absolute atomic E-state index is 0.0301. The van der Waals surface area contributed by atoms with Gasteiger partial charge in [0.25, 0.3) is 6.71 Å². The molecule has 3 heterocycles. The molecule has 0 bridgehead atoms. The van der Waals surface area contributed by atoms with E-state index in [-0.39, 0.29) is 28.4 Å². The highest BCUT2D eigenvalue weighted by Gasteiger charge is 2.46. The number of nitrogens with zero attached hydrogens (tertiary/aromatic N) is 3. The SMILES string of the molecule is Cc1cc(-c2ccccc2)cc(C)c1N1c2cc3c(cc2B2c4ccc(C(C)(C)C)cc4N(c4ccc5c(c4)-c4ccccc4C5(C)C)c4cc(C(C)(C)C)cc1c42)c1cc(C(C)(C)C)ccc1n3-c1c(C)cccc1C. The van der Waals surface area contributed by atoms with Gasteiger partial charge in [-0.15, -0.1) is 0 Å². The summed E-state index contributed by atoms with van der Waals surface area (Å²) < 4.78 is 2.59. The van der Waals surface area contributed by atoms with E-state index in [0.29, 0.717) is 0 Å². The number of benzene rings is 9. The molecule has 13 rings (SSSR count). The van der Waals surface area contributed by atoms with Crippen LogP contribution in [0.15, 0.2) is 164 Å². The van der Waals surface area contributed by atoms with Crippen LogP contribution >= 0.6 is 0 Å². The molecule has 1 aromatic heterocycles. The molecule has 0 radical (unpaired) electrons. The average molecular weight is 1000 g/mol. The Bertz CT molecular complexity index is 4080. The molecule has 1 aliphatic carbocycles. The summed E-state index contributed by atoms with van der Waals surface area (Å²) >= 11 is 0. The van der Waals surface area contributed by atoms with Crippen molar-refractivity contribution in [3.63, 3.8) is 0 Å². The fourth-order valence-corrected chi connectivity index (χ4v) is 13.7. The van der Waals surface area contributed by atoms with Gasteiger partial charge in [-0.05, 0) is 193 Å². The summed E-state index contributed by atoms with van der Waals surface area (Å²) in [6.45, 7) is 35.2. The Morgan fingerprint density at radius 3 is 1.64 bits per heavy atom. The fourth-order valence-electron chi connectivity index (χ4n) is 13.7. The first-order valence-electron chi connectivity index (χ1n) is 28.0. The zero-order chi connectivity index (χ0) is 54.0. The fraction of sp³-hybridized carbons (Fsp3) is 0.260. The maximum absolute atomic E-state index is 2.69. The first kappa shape index (κ1) is 49.0. The predicted molar refractivity (Wildman–Crippen MR) is 333 cm³/mol. The Kier molecular flexibility index (Phi) is 10.7. The Hall–Kier alpha value is -7.56. The largest absolute Gasteiger partial charge is 0.311 e. The van der Waals surface area contributed by atoms with Crippen LogP contribution in [0, 0.1) is 27.7 Å². The highest BCUT2D eigenvalue weighted by Crippen LogP contribution is 2.53. The van der Waals surface area contributed by atoms with Crippen LogP contribution in [0.25, 0.3) is 49.7 Å². The molecule has 0 unspecified atom stereocenters. The van der Waals surface area contributed by atoms with Gasteiger partial charge in [0.1, 0.15) is 0 Å². The van der Waals surface area contributed by atoms with Gasteiger partial charge in [-0.1, -0.05) is 179 Å². The van der Waals surface area contributed by atoms with E-state index in [9.17, 15) is 0 Å². The second kappa shape index (κ2) is 16.7. The number of hydrogen-bond acceptors (Lipinski definition) is 2. The van der Waals surface area contributed by atoms with Gasteiger partial charge >= 0.3 is 0 Å². The molecule has 0 N–H and O–H groups in total. The monoisotopic (exact) mass is 1000 g/mol. The Labute approximate surface area is 458 Å². The number of para-hydroxylation sites is 1. The summed E-state index contributed by atoms with van der Waals surface area (Å²) in [5.74, 6) is 0. The lowest BCUT2D eigenvalue weighted by molar-refractivity contribution is 0.590. The lowest BCUT2D eigenvalue weighted by atomic mass is 9.33. The van der Waals surface area contributed by atoms with E-state index in [1.807, 2.05) is 0 Å². The number of anilines is 6. The number of aromatic nitrogens is 1. The van der Waals surface area contributed by atoms with Crippen molar-refractivity contribution in [2.75, 3.05) is 9.80 Å². The van der Waals surface area contributed by atoms with Gasteiger partial charge in [-0.3, -0.25) is 0 Å². The standard InChI is InChI=1S/C73H72BN3/c1-43-22-21-23-44(2)68(43)76-61-33-29-49(70(5,6)7)36-55(61)56-41-60-64(42-62(56)76)77(69-45(3)34-48(35-46(69)4)47-24-17-16-18-25-47)66-39-51(72(11,12)13)38-65-67(66)74(60)59-32-28-50(71(8,9)10)37-63(59)75(65)52-30-31-58-54(40-52)53-26-19-20-27-57(53)73(58,14)15/h16-42H,1-15H3. The molecule has 4 heteroatoms. The molecule has 0 atom stereocenters. The van der Waals surface area contributed by atoms with E-state index >= 15 is 0 Å². The molecular formula is C73H72BN3. The van der Waals surface area contributed by atoms with Gasteiger partial charge in [0, 0.05) is 44.6 Å². The van der Waals surface area contributed by atoms with Gasteiger partial charge in [-0.2, -0.15) is 0 Å². The first-order chi connectivity index (χ1) is 36.5. The topological polar surface area (TPSA) is 11.4 Å². The zero-order valence-corrected chi connectivity index (χ0v) is 48.0. The Morgan fingerprint density at radius 2 is 0.961 bits per heavy atom. The van der Waals surface area contributed by atoms with Gasteiger partial charge in [0.05, 0.1) is 22.4 Å². The van der Waals surface area contributed by atoms with Crippen LogP contribution in [-0.4, -0.2) is 11.3 Å². The highest BCUT2D eigenvalue weighted by atomic mass is 15.2. The summed E-state index contributed by atoms with van der Waals surface area (Å²) in [4.78, 5) is 5.35. The van der Waals surface area contributed by atoms with Crippen molar-refractivity contribution < 1.29 is 0 Å². The quantitative estimate of drug-likeness (QED) is 0.163. The Balaban J connectivity index is 1.19. The molecule has 2 aliphatic heterocycles. The summed E-state index contributed by atoms with van der Waals surface area (Å²) in [7, 11) is 0. The smallest absolute Gasteiger partial charge is 0.252 e. The summed E-state index contributed by atoms with van der Waals surface area (Å²) in [5.41, 5.74) is 31.7. The minimum atomic E-state index is -0.169. The third-order valence-corrected chi connectivity index (χ3v) is 17.9. The van der Waals surface area contributed by atoms with E-state index in [2.05, 4.69) is 282 Å². The van der Waals surface area contributed by atoms with E-state index in [0.717, 1.165) is 0 Å². The maximum atomic E-state index is 2.69. The maximum Gasteiger partial charge on any atom is 0.252 e. The second-order valence-electron chi connectivity index (χ2n) is 26.5. The van der Waals surface area contributed by atoms with E-state index in [1.54, 1.807) is 0 Å². The summed E-state index contributed by atoms with van der Waals surface area (Å²) in [6.07, 6.45) is 0. The molecule has 0 saturated heterocycles. The van der Waals surface area contributed by atoms with Gasteiger partial charge in [-0.25, -0.2) is 0 Å². The molecule has 0 spiro atoms. The van der Waals surface area contributed by atoms with Crippen molar-refractivity contribution in [3.05, 3.63) is 214 Å². The van der Waals surface area contributed by atoms with Gasteiger partial charge in [0.15, 0.2) is 0 Å². The van der Waals surface area contributed by atoms with Crippen molar-refractivity contribution in [3.8, 4) is 27.9 Å². The van der Waals surface area contributed by atoms with Crippen molar-refractivity contribution >= 4 is 79.0 Å². The highest BCUT2D eigenvalue weighted by molar-refractivity contribution is 7.00. The molecule has 0 fully saturated rings. The van der Waals surface area contributed by atoms with Crippen LogP contribution < -0.4 is 26.2 Å². The number of hydrogen-bond donors (Lipinski definition) is 0. The van der Waals surface area contributed by atoms with Crippen LogP contribution in [0.1, 0.15) is 126 Å². The van der Waals surface area contributed by atoms with E-state index in [1.165, 1.54) is 150 Å². The van der Waals surface area contributed by atoms with Crippen LogP contribution in [-0.2, 0) is 21.7 Å². The number of aryl methyl sites for hydroxylation is 4. The first-order valence-corrected chi connectivity index (χ1v) is 28.0. The summed E-state index contributed by atoms with van der Waals surface area (Å²) in [5, 5.41) is 2.58. The minimum Gasteiger partial charge on any atom is -0.311 e. The van der Waals surface area contributed by atoms with Crippen LogP contribution in [0.3, 0.4) is 0 Å². The van der Waals surface area contributed by atoms with Crippen molar-refractivity contribution in [1.29, 1.82) is 0 Å². The van der Waals surface area contributed by atoms with Crippen molar-refractivity contribution in [1.82, 2.24) is 4.57 Å². The van der Waals surface area contributed by atoms with E-state index < -0.39 is 0 Å². The van der Waals surface area contributed by atoms with E-state index in [4.69, 9.17) is 0 Å². The molecule has 77 heavy (non-hydrogen) atoms.